The first-order chi connectivity index (χ1) is 15.4. The number of amides is 1. The van der Waals surface area contributed by atoms with Gasteiger partial charge in [-0.15, -0.1) is 5.10 Å². The molecule has 1 N–H and O–H groups in total. The maximum absolute atomic E-state index is 12.6. The normalized spacial score (nSPS) is 16.1. The summed E-state index contributed by atoms with van der Waals surface area (Å²) in [6, 6.07) is 12.0. The lowest BCUT2D eigenvalue weighted by atomic mass is 9.90. The molecule has 0 spiro atoms. The van der Waals surface area contributed by atoms with E-state index in [-0.39, 0.29) is 17.0 Å². The predicted molar refractivity (Wildman–Crippen MR) is 119 cm³/mol. The molecule has 1 aromatic heterocycles. The van der Waals surface area contributed by atoms with Gasteiger partial charge in [0, 0.05) is 24.2 Å². The standard InChI is InChI=1S/C23H24N4O4S/c1-27(19-10-11-19)32(29,30)20-12-8-16(9-13-20)21(28)24-23-26-25-22(31-23)18-7-6-15-4-2-3-5-17(15)14-18/h6-9,12-14,19H,2-5,10-11H2,1H3,(H,24,26,28). The van der Waals surface area contributed by atoms with Crippen molar-refractivity contribution in [1.29, 1.82) is 0 Å². The number of aryl methyl sites for hydroxylation is 2. The minimum Gasteiger partial charge on any atom is -0.403 e. The summed E-state index contributed by atoms with van der Waals surface area (Å²) in [7, 11) is -1.96. The van der Waals surface area contributed by atoms with Crippen LogP contribution in [0.5, 0.6) is 0 Å². The first kappa shape index (κ1) is 20.8. The molecule has 1 fully saturated rings. The smallest absolute Gasteiger partial charge is 0.322 e. The lowest BCUT2D eigenvalue weighted by molar-refractivity contribution is 0.102. The lowest BCUT2D eigenvalue weighted by Gasteiger charge is -2.16. The molecule has 2 aromatic carbocycles. The predicted octanol–water partition coefficient (Wildman–Crippen LogP) is 3.65. The van der Waals surface area contributed by atoms with Crippen LogP contribution < -0.4 is 5.32 Å². The second kappa shape index (κ2) is 8.14. The molecular weight excluding hydrogens is 428 g/mol. The molecule has 0 aliphatic heterocycles. The Labute approximate surface area is 186 Å². The Bertz CT molecular complexity index is 1260. The minimum absolute atomic E-state index is 0.00659. The van der Waals surface area contributed by atoms with Gasteiger partial charge in [-0.05, 0) is 86.1 Å². The zero-order chi connectivity index (χ0) is 22.3. The summed E-state index contributed by atoms with van der Waals surface area (Å²) in [6.45, 7) is 0. The number of carbonyl (C=O) groups excluding carboxylic acids is 1. The summed E-state index contributed by atoms with van der Waals surface area (Å²) in [6.07, 6.45) is 6.30. The van der Waals surface area contributed by atoms with Crippen molar-refractivity contribution in [3.8, 4) is 11.5 Å². The van der Waals surface area contributed by atoms with Crippen molar-refractivity contribution in [2.75, 3.05) is 12.4 Å². The Kier molecular flexibility index (Phi) is 5.30. The van der Waals surface area contributed by atoms with Crippen molar-refractivity contribution in [3.05, 3.63) is 59.2 Å². The molecule has 2 aliphatic carbocycles. The molecule has 5 rings (SSSR count). The maximum Gasteiger partial charge on any atom is 0.322 e. The number of nitrogens with one attached hydrogen (secondary N) is 1. The number of carbonyl (C=O) groups is 1. The Hall–Kier alpha value is -3.04. The fraction of sp³-hybridized carbons (Fsp3) is 0.348. The molecule has 3 aromatic rings. The van der Waals surface area contributed by atoms with E-state index in [2.05, 4.69) is 27.6 Å². The van der Waals surface area contributed by atoms with Gasteiger partial charge in [-0.1, -0.05) is 11.2 Å². The number of fused-ring (bicyclic) bond motifs is 1. The molecule has 9 heteroatoms. The van der Waals surface area contributed by atoms with Gasteiger partial charge in [0.1, 0.15) is 0 Å². The highest BCUT2D eigenvalue weighted by Crippen LogP contribution is 2.31. The van der Waals surface area contributed by atoms with Crippen LogP contribution in [0.1, 0.15) is 47.2 Å². The fourth-order valence-corrected chi connectivity index (χ4v) is 5.42. The minimum atomic E-state index is -3.55. The van der Waals surface area contributed by atoms with Crippen LogP contribution in [0.25, 0.3) is 11.5 Å². The number of rotatable bonds is 6. The topological polar surface area (TPSA) is 105 Å². The molecule has 0 unspecified atom stereocenters. The molecule has 0 atom stereocenters. The van der Waals surface area contributed by atoms with Gasteiger partial charge in [0.2, 0.25) is 15.9 Å². The van der Waals surface area contributed by atoms with E-state index in [4.69, 9.17) is 4.42 Å². The zero-order valence-corrected chi connectivity index (χ0v) is 18.6. The van der Waals surface area contributed by atoms with Gasteiger partial charge in [-0.2, -0.15) is 4.31 Å². The second-order valence-corrected chi connectivity index (χ2v) is 10.3. The van der Waals surface area contributed by atoms with Crippen molar-refractivity contribution in [2.45, 2.75) is 49.5 Å². The summed E-state index contributed by atoms with van der Waals surface area (Å²) in [5.74, 6) is -0.108. The summed E-state index contributed by atoms with van der Waals surface area (Å²) < 4.78 is 32.2. The SMILES string of the molecule is CN(C1CC1)S(=O)(=O)c1ccc(C(=O)Nc2nnc(-c3ccc4c(c3)CCCC4)o2)cc1. The molecule has 8 nitrogen and oxygen atoms in total. The number of hydrogen-bond donors (Lipinski definition) is 1. The quantitative estimate of drug-likeness (QED) is 0.612. The number of benzene rings is 2. The average molecular weight is 453 g/mol. The van der Waals surface area contributed by atoms with Crippen LogP contribution in [0.3, 0.4) is 0 Å². The van der Waals surface area contributed by atoms with Gasteiger partial charge in [-0.3, -0.25) is 10.1 Å². The van der Waals surface area contributed by atoms with Crippen molar-refractivity contribution >= 4 is 21.9 Å². The van der Waals surface area contributed by atoms with Gasteiger partial charge in [0.05, 0.1) is 4.90 Å². The van der Waals surface area contributed by atoms with E-state index >= 15 is 0 Å². The summed E-state index contributed by atoms with van der Waals surface area (Å²) in [4.78, 5) is 12.7. The van der Waals surface area contributed by atoms with Crippen LogP contribution in [0.2, 0.25) is 0 Å². The van der Waals surface area contributed by atoms with E-state index in [0.29, 0.717) is 11.5 Å². The van der Waals surface area contributed by atoms with E-state index < -0.39 is 15.9 Å². The molecule has 0 bridgehead atoms. The lowest BCUT2D eigenvalue weighted by Crippen LogP contribution is -2.29. The van der Waals surface area contributed by atoms with E-state index in [0.717, 1.165) is 31.2 Å². The molecular formula is C23H24N4O4S. The second-order valence-electron chi connectivity index (χ2n) is 8.33. The van der Waals surface area contributed by atoms with Gasteiger partial charge in [0.15, 0.2) is 0 Å². The Morgan fingerprint density at radius 1 is 1.03 bits per heavy atom. The molecule has 1 amide bonds. The van der Waals surface area contributed by atoms with E-state index in [1.165, 1.54) is 52.5 Å². The first-order valence-corrected chi connectivity index (χ1v) is 12.2. The van der Waals surface area contributed by atoms with Crippen LogP contribution in [-0.4, -0.2) is 41.9 Å². The number of sulfonamides is 1. The largest absolute Gasteiger partial charge is 0.403 e. The highest BCUT2D eigenvalue weighted by Gasteiger charge is 2.35. The molecule has 32 heavy (non-hydrogen) atoms. The highest BCUT2D eigenvalue weighted by atomic mass is 32.2. The molecule has 1 heterocycles. The van der Waals surface area contributed by atoms with Gasteiger partial charge >= 0.3 is 6.01 Å². The van der Waals surface area contributed by atoms with E-state index in [1.54, 1.807) is 7.05 Å². The average Bonchev–Trinajstić information content (AvgIpc) is 3.56. The number of anilines is 1. The van der Waals surface area contributed by atoms with Crippen molar-refractivity contribution in [2.24, 2.45) is 0 Å². The Morgan fingerprint density at radius 2 is 1.75 bits per heavy atom. The van der Waals surface area contributed by atoms with Crippen molar-refractivity contribution in [1.82, 2.24) is 14.5 Å². The van der Waals surface area contributed by atoms with E-state index in [1.807, 2.05) is 6.07 Å². The van der Waals surface area contributed by atoms with Crippen LogP contribution in [-0.2, 0) is 22.9 Å². The third-order valence-corrected chi connectivity index (χ3v) is 8.02. The maximum atomic E-state index is 12.6. The summed E-state index contributed by atoms with van der Waals surface area (Å²) in [5, 5.41) is 10.6. The third kappa shape index (κ3) is 4.05. The van der Waals surface area contributed by atoms with Gasteiger partial charge in [0.25, 0.3) is 5.91 Å². The highest BCUT2D eigenvalue weighted by molar-refractivity contribution is 7.89. The number of aromatic nitrogens is 2. The Balaban J connectivity index is 1.28. The first-order valence-electron chi connectivity index (χ1n) is 10.8. The van der Waals surface area contributed by atoms with E-state index in [9.17, 15) is 13.2 Å². The molecule has 1 saturated carbocycles. The van der Waals surface area contributed by atoms with Gasteiger partial charge in [-0.25, -0.2) is 8.42 Å². The summed E-state index contributed by atoms with van der Waals surface area (Å²) >= 11 is 0. The monoisotopic (exact) mass is 452 g/mol. The molecule has 2 aliphatic rings. The number of hydrogen-bond acceptors (Lipinski definition) is 6. The molecule has 166 valence electrons. The van der Waals surface area contributed by atoms with Crippen LogP contribution in [0.4, 0.5) is 6.01 Å². The number of nitrogens with zero attached hydrogens (tertiary/aromatic N) is 3. The van der Waals surface area contributed by atoms with Crippen LogP contribution in [0.15, 0.2) is 51.8 Å². The van der Waals surface area contributed by atoms with Gasteiger partial charge < -0.3 is 4.42 Å². The third-order valence-electron chi connectivity index (χ3n) is 6.10. The van der Waals surface area contributed by atoms with Crippen LogP contribution in [0, 0.1) is 0 Å². The fourth-order valence-electron chi connectivity index (χ4n) is 4.01. The van der Waals surface area contributed by atoms with Crippen LogP contribution >= 0.6 is 0 Å². The molecule has 0 saturated heterocycles. The zero-order valence-electron chi connectivity index (χ0n) is 17.7. The van der Waals surface area contributed by atoms with Crippen molar-refractivity contribution in [3.63, 3.8) is 0 Å². The van der Waals surface area contributed by atoms with Crippen molar-refractivity contribution < 1.29 is 17.6 Å². The molecule has 0 radical (unpaired) electrons. The Morgan fingerprint density at radius 3 is 2.47 bits per heavy atom. The summed E-state index contributed by atoms with van der Waals surface area (Å²) in [5.41, 5.74) is 3.79.